The lowest BCUT2D eigenvalue weighted by atomic mass is 9.89. The quantitative estimate of drug-likeness (QED) is 0.916. The molecule has 6 heteroatoms. The number of likely N-dealkylation sites (tertiary alicyclic amines) is 1. The number of carbonyl (C=O) groups excluding carboxylic acids is 2. The predicted octanol–water partition coefficient (Wildman–Crippen LogP) is 2.10. The first-order valence-corrected chi connectivity index (χ1v) is 8.26. The van der Waals surface area contributed by atoms with Gasteiger partial charge in [0, 0.05) is 37.3 Å². The van der Waals surface area contributed by atoms with Gasteiger partial charge >= 0.3 is 5.97 Å². The second kappa shape index (κ2) is 7.47. The van der Waals surface area contributed by atoms with Gasteiger partial charge in [0.05, 0.1) is 5.92 Å². The summed E-state index contributed by atoms with van der Waals surface area (Å²) in [6, 6.07) is 6.27. The third kappa shape index (κ3) is 3.58. The number of rotatable bonds is 4. The number of carboxylic acids is 1. The van der Waals surface area contributed by atoms with Gasteiger partial charge in [0.15, 0.2) is 0 Å². The summed E-state index contributed by atoms with van der Waals surface area (Å²) in [5.41, 5.74) is 0.882. The Morgan fingerprint density at radius 2 is 1.96 bits per heavy atom. The molecule has 6 nitrogen and oxygen atoms in total. The van der Waals surface area contributed by atoms with Crippen LogP contribution in [0, 0.1) is 5.92 Å². The first-order chi connectivity index (χ1) is 11.4. The van der Waals surface area contributed by atoms with Crippen molar-refractivity contribution in [2.24, 2.45) is 5.92 Å². The molecule has 1 aromatic rings. The lowest BCUT2D eigenvalue weighted by molar-refractivity contribution is -0.144. The first-order valence-electron chi connectivity index (χ1n) is 8.26. The largest absolute Gasteiger partial charge is 0.481 e. The zero-order chi connectivity index (χ0) is 17.9. The third-order valence-electron chi connectivity index (χ3n) is 4.74. The van der Waals surface area contributed by atoms with Gasteiger partial charge in [-0.15, -0.1) is 0 Å². The fourth-order valence-corrected chi connectivity index (χ4v) is 3.07. The topological polar surface area (TPSA) is 77.9 Å². The van der Waals surface area contributed by atoms with Crippen LogP contribution in [0.3, 0.4) is 0 Å². The Morgan fingerprint density at radius 3 is 2.58 bits per heavy atom. The molecule has 24 heavy (non-hydrogen) atoms. The van der Waals surface area contributed by atoms with Crippen molar-refractivity contribution in [3.63, 3.8) is 0 Å². The van der Waals surface area contributed by atoms with E-state index in [0.29, 0.717) is 37.1 Å². The van der Waals surface area contributed by atoms with E-state index in [-0.39, 0.29) is 17.9 Å². The number of amides is 2. The summed E-state index contributed by atoms with van der Waals surface area (Å²) in [5, 5.41) is 9.30. The normalized spacial score (nSPS) is 20.5. The van der Waals surface area contributed by atoms with Crippen molar-refractivity contribution in [3.8, 4) is 0 Å². The van der Waals surface area contributed by atoms with E-state index in [1.54, 1.807) is 48.0 Å². The Morgan fingerprint density at radius 1 is 1.29 bits per heavy atom. The Kier molecular flexibility index (Phi) is 5.59. The van der Waals surface area contributed by atoms with Crippen molar-refractivity contribution in [1.29, 1.82) is 0 Å². The molecule has 2 atom stereocenters. The molecule has 1 saturated heterocycles. The predicted molar refractivity (Wildman–Crippen MR) is 89.9 cm³/mol. The monoisotopic (exact) mass is 332 g/mol. The molecule has 2 amide bonds. The van der Waals surface area contributed by atoms with Crippen LogP contribution in [0.2, 0.25) is 0 Å². The molecule has 1 fully saturated rings. The summed E-state index contributed by atoms with van der Waals surface area (Å²) in [7, 11) is 1.71. The number of carbonyl (C=O) groups is 3. The molecule has 2 rings (SSSR count). The van der Waals surface area contributed by atoms with Gasteiger partial charge in [-0.1, -0.05) is 6.07 Å². The Balaban J connectivity index is 2.23. The van der Waals surface area contributed by atoms with Crippen molar-refractivity contribution >= 4 is 17.8 Å². The van der Waals surface area contributed by atoms with E-state index in [4.69, 9.17) is 0 Å². The average molecular weight is 332 g/mol. The SMILES string of the molecule is CCN(C)C(=O)c1cccc(C(=O)N2CCC[C@H](C(=O)O)[C@@H]2C)c1. The van der Waals surface area contributed by atoms with Crippen molar-refractivity contribution in [2.45, 2.75) is 32.7 Å². The van der Waals surface area contributed by atoms with Crippen LogP contribution in [0.5, 0.6) is 0 Å². The van der Waals surface area contributed by atoms with Gasteiger partial charge in [-0.25, -0.2) is 0 Å². The van der Waals surface area contributed by atoms with Crippen LogP contribution in [0.1, 0.15) is 47.4 Å². The van der Waals surface area contributed by atoms with Crippen LogP contribution < -0.4 is 0 Å². The van der Waals surface area contributed by atoms with Gasteiger partial charge in [0.2, 0.25) is 0 Å². The number of piperidine rings is 1. The molecule has 1 aromatic carbocycles. The van der Waals surface area contributed by atoms with Gasteiger partial charge in [-0.3, -0.25) is 14.4 Å². The molecule has 1 aliphatic rings. The van der Waals surface area contributed by atoms with E-state index in [2.05, 4.69) is 0 Å². The van der Waals surface area contributed by atoms with Gasteiger partial charge in [-0.05, 0) is 44.9 Å². The summed E-state index contributed by atoms with van der Waals surface area (Å²) in [6.45, 7) is 4.78. The first kappa shape index (κ1) is 18.0. The summed E-state index contributed by atoms with van der Waals surface area (Å²) in [4.78, 5) is 39.6. The van der Waals surface area contributed by atoms with Gasteiger partial charge in [0.1, 0.15) is 0 Å². The van der Waals surface area contributed by atoms with Crippen molar-refractivity contribution in [2.75, 3.05) is 20.1 Å². The maximum atomic E-state index is 12.8. The Bertz CT molecular complexity index is 644. The second-order valence-corrected chi connectivity index (χ2v) is 6.23. The van der Waals surface area contributed by atoms with Crippen LogP contribution >= 0.6 is 0 Å². The molecule has 0 unspecified atom stereocenters. The van der Waals surface area contributed by atoms with E-state index >= 15 is 0 Å². The molecule has 0 spiro atoms. The van der Waals surface area contributed by atoms with E-state index in [9.17, 15) is 19.5 Å². The summed E-state index contributed by atoms with van der Waals surface area (Å²) in [6.07, 6.45) is 1.25. The zero-order valence-electron chi connectivity index (χ0n) is 14.4. The molecule has 1 heterocycles. The number of hydrogen-bond acceptors (Lipinski definition) is 3. The van der Waals surface area contributed by atoms with Crippen molar-refractivity contribution < 1.29 is 19.5 Å². The van der Waals surface area contributed by atoms with E-state index in [1.807, 2.05) is 6.92 Å². The molecule has 1 N–H and O–H groups in total. The summed E-state index contributed by atoms with van der Waals surface area (Å²) in [5.74, 6) is -1.77. The molecule has 130 valence electrons. The maximum absolute atomic E-state index is 12.8. The standard InChI is InChI=1S/C18H24N2O4/c1-4-19(3)16(21)13-7-5-8-14(11-13)17(22)20-10-6-9-15(12(20)2)18(23)24/h5,7-8,11-12,15H,4,6,9-10H2,1-3H3,(H,23,24)/t12-,15-/m0/s1. The third-order valence-corrected chi connectivity index (χ3v) is 4.74. The number of benzene rings is 1. The highest BCUT2D eigenvalue weighted by Gasteiger charge is 2.35. The van der Waals surface area contributed by atoms with Gasteiger partial charge in [-0.2, -0.15) is 0 Å². The molecule has 0 radical (unpaired) electrons. The highest BCUT2D eigenvalue weighted by Crippen LogP contribution is 2.25. The van der Waals surface area contributed by atoms with Crippen molar-refractivity contribution in [3.05, 3.63) is 35.4 Å². The molecular weight excluding hydrogens is 308 g/mol. The van der Waals surface area contributed by atoms with Gasteiger partial charge in [0.25, 0.3) is 11.8 Å². The van der Waals surface area contributed by atoms with E-state index in [0.717, 1.165) is 0 Å². The zero-order valence-corrected chi connectivity index (χ0v) is 14.4. The highest BCUT2D eigenvalue weighted by atomic mass is 16.4. The number of nitrogens with zero attached hydrogens (tertiary/aromatic N) is 2. The summed E-state index contributed by atoms with van der Waals surface area (Å²) < 4.78 is 0. The van der Waals surface area contributed by atoms with Crippen LogP contribution in [-0.4, -0.2) is 58.9 Å². The van der Waals surface area contributed by atoms with E-state index in [1.165, 1.54) is 0 Å². The van der Waals surface area contributed by atoms with Crippen LogP contribution in [-0.2, 0) is 4.79 Å². The Hall–Kier alpha value is -2.37. The van der Waals surface area contributed by atoms with Gasteiger partial charge < -0.3 is 14.9 Å². The molecule has 0 bridgehead atoms. The second-order valence-electron chi connectivity index (χ2n) is 6.23. The molecule has 0 aromatic heterocycles. The van der Waals surface area contributed by atoms with Crippen molar-refractivity contribution in [1.82, 2.24) is 9.80 Å². The highest BCUT2D eigenvalue weighted by molar-refractivity contribution is 5.99. The van der Waals surface area contributed by atoms with Crippen LogP contribution in [0.25, 0.3) is 0 Å². The Labute approximate surface area is 142 Å². The molecule has 1 aliphatic heterocycles. The number of carboxylic acid groups (broad SMARTS) is 1. The minimum absolute atomic E-state index is 0.137. The summed E-state index contributed by atoms with van der Waals surface area (Å²) >= 11 is 0. The average Bonchev–Trinajstić information content (AvgIpc) is 2.59. The molecular formula is C18H24N2O4. The van der Waals surface area contributed by atoms with E-state index < -0.39 is 11.9 Å². The molecule has 0 saturated carbocycles. The fraction of sp³-hybridized carbons (Fsp3) is 0.500. The minimum atomic E-state index is -0.867. The fourth-order valence-electron chi connectivity index (χ4n) is 3.07. The smallest absolute Gasteiger partial charge is 0.308 e. The van der Waals surface area contributed by atoms with Crippen LogP contribution in [0.15, 0.2) is 24.3 Å². The molecule has 0 aliphatic carbocycles. The maximum Gasteiger partial charge on any atom is 0.308 e. The van der Waals surface area contributed by atoms with Crippen LogP contribution in [0.4, 0.5) is 0 Å². The number of aliphatic carboxylic acids is 1. The lowest BCUT2D eigenvalue weighted by Gasteiger charge is -2.37. The lowest BCUT2D eigenvalue weighted by Crippen LogP contribution is -2.49. The number of hydrogen-bond donors (Lipinski definition) is 1. The minimum Gasteiger partial charge on any atom is -0.481 e.